The summed E-state index contributed by atoms with van der Waals surface area (Å²) >= 11 is 0. The average molecular weight is 699 g/mol. The molecule has 0 fully saturated rings. The van der Waals surface area contributed by atoms with E-state index in [0.717, 1.165) is 21.9 Å². The molecule has 12 heteroatoms. The Labute approximate surface area is 299 Å². The minimum Gasteiger partial charge on any atom is -0.444 e. The van der Waals surface area contributed by atoms with Crippen molar-refractivity contribution >= 4 is 40.3 Å². The number of hydrogen-bond donors (Lipinski definition) is 3. The van der Waals surface area contributed by atoms with Crippen LogP contribution in [-0.4, -0.2) is 76.4 Å². The lowest BCUT2D eigenvalue weighted by molar-refractivity contribution is -0.131. The van der Waals surface area contributed by atoms with Crippen molar-refractivity contribution in [2.75, 3.05) is 26.0 Å². The molecule has 0 bridgehead atoms. The van der Waals surface area contributed by atoms with Gasteiger partial charge in [-0.1, -0.05) is 72.8 Å². The number of carbonyl (C=O) groups is 4. The number of benzene rings is 3. The van der Waals surface area contributed by atoms with Gasteiger partial charge in [0.25, 0.3) is 0 Å². The van der Waals surface area contributed by atoms with Gasteiger partial charge in [0.2, 0.25) is 17.7 Å². The summed E-state index contributed by atoms with van der Waals surface area (Å²) in [7, 11) is 3.53. The molecule has 0 spiro atoms. The van der Waals surface area contributed by atoms with E-state index < -0.39 is 35.1 Å². The van der Waals surface area contributed by atoms with E-state index in [2.05, 4.69) is 33.2 Å². The number of aromatic nitrogens is 2. The van der Waals surface area contributed by atoms with Crippen molar-refractivity contribution in [1.29, 1.82) is 0 Å². The first-order valence-electron chi connectivity index (χ1n) is 17.1. The van der Waals surface area contributed by atoms with Crippen LogP contribution < -0.4 is 16.0 Å². The number of carbonyl (C=O) groups excluding carboxylic acids is 4. The Morgan fingerprint density at radius 2 is 1.59 bits per heavy atom. The Kier molecular flexibility index (Phi) is 13.0. The molecule has 12 nitrogen and oxygen atoms in total. The minimum absolute atomic E-state index is 0.0331. The summed E-state index contributed by atoms with van der Waals surface area (Å²) in [6, 6.07) is 22.6. The Hall–Kier alpha value is -5.23. The van der Waals surface area contributed by atoms with Crippen LogP contribution in [0.5, 0.6) is 0 Å². The second kappa shape index (κ2) is 17.1. The molecule has 1 aromatic heterocycles. The van der Waals surface area contributed by atoms with Gasteiger partial charge in [0.05, 0.1) is 31.0 Å². The van der Waals surface area contributed by atoms with Crippen molar-refractivity contribution in [3.05, 3.63) is 96.3 Å². The second-order valence-electron chi connectivity index (χ2n) is 14.3. The number of likely N-dealkylation sites (N-methyl/N-ethyl adjacent to an activating group) is 1. The van der Waals surface area contributed by atoms with Gasteiger partial charge in [-0.2, -0.15) is 5.10 Å². The molecule has 0 aliphatic heterocycles. The van der Waals surface area contributed by atoms with E-state index in [-0.39, 0.29) is 25.0 Å². The lowest BCUT2D eigenvalue weighted by atomic mass is 9.91. The SMILES string of the molecule is CN(C)C(=O)C(CCCn1cc(NC(=O)[C@@H](COCc2ccccc2)NC(=O)C(C)(C)NC(=O)OC(C)(C)C)cn1)c1ccc2ccccc2c1. The number of rotatable bonds is 15. The first kappa shape index (κ1) is 38.6. The molecule has 4 rings (SSSR count). The molecule has 0 aliphatic rings. The number of nitrogens with zero attached hydrogens (tertiary/aromatic N) is 3. The number of hydrogen-bond acceptors (Lipinski definition) is 7. The van der Waals surface area contributed by atoms with Crippen LogP contribution in [-0.2, 0) is 37.0 Å². The van der Waals surface area contributed by atoms with Crippen molar-refractivity contribution in [1.82, 2.24) is 25.3 Å². The monoisotopic (exact) mass is 698 g/mol. The van der Waals surface area contributed by atoms with Crippen LogP contribution in [0.3, 0.4) is 0 Å². The molecule has 272 valence electrons. The average Bonchev–Trinajstić information content (AvgIpc) is 3.51. The fourth-order valence-electron chi connectivity index (χ4n) is 5.41. The first-order chi connectivity index (χ1) is 24.1. The third-order valence-corrected chi connectivity index (χ3v) is 8.09. The maximum absolute atomic E-state index is 13.5. The number of ether oxygens (including phenoxy) is 2. The number of fused-ring (bicyclic) bond motifs is 1. The standard InChI is InChI=1S/C39H50N6O6/c1-38(2,3)51-37(49)43-39(4,5)36(48)42-33(26-50-25-27-14-9-8-10-15-27)34(46)41-31-23-40-45(24-31)21-13-18-32(35(47)44(6)7)30-20-19-28-16-11-12-17-29(28)22-30/h8-12,14-17,19-20,22-24,32-33H,13,18,21,25-26H2,1-7H3,(H,41,46)(H,42,48)(H,43,49)/t32?,33-/m1/s1. The van der Waals surface area contributed by atoms with Crippen LogP contribution in [0, 0.1) is 0 Å². The molecule has 4 aromatic rings. The summed E-state index contributed by atoms with van der Waals surface area (Å²) in [6.07, 6.45) is 3.75. The first-order valence-corrected chi connectivity index (χ1v) is 17.1. The highest BCUT2D eigenvalue weighted by Gasteiger charge is 2.34. The zero-order valence-corrected chi connectivity index (χ0v) is 30.6. The van der Waals surface area contributed by atoms with E-state index in [1.54, 1.807) is 50.6 Å². The van der Waals surface area contributed by atoms with Crippen LogP contribution in [0.1, 0.15) is 64.5 Å². The maximum atomic E-state index is 13.5. The van der Waals surface area contributed by atoms with Gasteiger partial charge in [-0.25, -0.2) is 4.79 Å². The Balaban J connectivity index is 1.39. The molecule has 1 heterocycles. The summed E-state index contributed by atoms with van der Waals surface area (Å²) in [6.45, 7) is 8.84. The number of amides is 4. The van der Waals surface area contributed by atoms with Crippen LogP contribution in [0.4, 0.5) is 10.5 Å². The Bertz CT molecular complexity index is 1800. The Morgan fingerprint density at radius 1 is 0.902 bits per heavy atom. The molecule has 0 saturated carbocycles. The smallest absolute Gasteiger partial charge is 0.408 e. The van der Waals surface area contributed by atoms with E-state index in [1.807, 2.05) is 60.7 Å². The third kappa shape index (κ3) is 11.7. The predicted octanol–water partition coefficient (Wildman–Crippen LogP) is 5.63. The highest BCUT2D eigenvalue weighted by atomic mass is 16.6. The molecule has 3 aromatic carbocycles. The number of alkyl carbamates (subject to hydrolysis) is 1. The van der Waals surface area contributed by atoms with Crippen molar-refractivity contribution in [3.63, 3.8) is 0 Å². The van der Waals surface area contributed by atoms with Crippen LogP contribution >= 0.6 is 0 Å². The molecule has 0 saturated heterocycles. The van der Waals surface area contributed by atoms with Gasteiger partial charge in [-0.15, -0.1) is 0 Å². The van der Waals surface area contributed by atoms with Gasteiger partial charge in [0.1, 0.15) is 17.2 Å². The van der Waals surface area contributed by atoms with E-state index >= 15 is 0 Å². The highest BCUT2D eigenvalue weighted by molar-refractivity contribution is 5.99. The summed E-state index contributed by atoms with van der Waals surface area (Å²) in [4.78, 5) is 54.1. The molecule has 3 N–H and O–H groups in total. The zero-order valence-electron chi connectivity index (χ0n) is 30.6. The maximum Gasteiger partial charge on any atom is 0.408 e. The molecule has 0 aliphatic carbocycles. The van der Waals surface area contributed by atoms with Crippen LogP contribution in [0.25, 0.3) is 10.8 Å². The number of nitrogens with one attached hydrogen (secondary N) is 3. The molecule has 1 unspecified atom stereocenters. The molecule has 4 amide bonds. The minimum atomic E-state index is -1.40. The summed E-state index contributed by atoms with van der Waals surface area (Å²) in [5, 5.41) is 14.7. The van der Waals surface area contributed by atoms with Gasteiger partial charge in [0, 0.05) is 26.8 Å². The van der Waals surface area contributed by atoms with Gasteiger partial charge in [0.15, 0.2) is 0 Å². The summed E-state index contributed by atoms with van der Waals surface area (Å²) < 4.78 is 12.9. The molecule has 2 atom stereocenters. The molecule has 0 radical (unpaired) electrons. The second-order valence-corrected chi connectivity index (χ2v) is 14.3. The summed E-state index contributed by atoms with van der Waals surface area (Å²) in [5.41, 5.74) is 0.157. The molecule has 51 heavy (non-hydrogen) atoms. The van der Waals surface area contributed by atoms with Crippen molar-refractivity contribution < 1.29 is 28.7 Å². The van der Waals surface area contributed by atoms with Gasteiger partial charge < -0.3 is 30.3 Å². The van der Waals surface area contributed by atoms with Crippen LogP contribution in [0.15, 0.2) is 85.2 Å². The van der Waals surface area contributed by atoms with Crippen molar-refractivity contribution in [3.8, 4) is 0 Å². The number of anilines is 1. The predicted molar refractivity (Wildman–Crippen MR) is 197 cm³/mol. The largest absolute Gasteiger partial charge is 0.444 e. The normalized spacial score (nSPS) is 12.8. The fraction of sp³-hybridized carbons (Fsp3) is 0.410. The Morgan fingerprint density at radius 3 is 2.27 bits per heavy atom. The van der Waals surface area contributed by atoms with Crippen LogP contribution in [0.2, 0.25) is 0 Å². The highest BCUT2D eigenvalue weighted by Crippen LogP contribution is 2.27. The molecular weight excluding hydrogens is 648 g/mol. The van der Waals surface area contributed by atoms with E-state index in [1.165, 1.54) is 20.0 Å². The van der Waals surface area contributed by atoms with E-state index in [4.69, 9.17) is 9.47 Å². The van der Waals surface area contributed by atoms with E-state index in [9.17, 15) is 19.2 Å². The summed E-state index contributed by atoms with van der Waals surface area (Å²) in [5.74, 6) is -1.39. The van der Waals surface area contributed by atoms with Gasteiger partial charge in [-0.05, 0) is 69.4 Å². The lowest BCUT2D eigenvalue weighted by Crippen LogP contribution is -2.59. The van der Waals surface area contributed by atoms with Gasteiger partial charge >= 0.3 is 6.09 Å². The zero-order chi connectivity index (χ0) is 37.2. The van der Waals surface area contributed by atoms with Crippen molar-refractivity contribution in [2.45, 2.75) is 83.7 Å². The van der Waals surface area contributed by atoms with Gasteiger partial charge in [-0.3, -0.25) is 19.1 Å². The third-order valence-electron chi connectivity index (χ3n) is 8.09. The fourth-order valence-corrected chi connectivity index (χ4v) is 5.41. The van der Waals surface area contributed by atoms with E-state index in [0.29, 0.717) is 25.1 Å². The lowest BCUT2D eigenvalue weighted by Gasteiger charge is -2.29. The number of aryl methyl sites for hydroxylation is 1. The topological polar surface area (TPSA) is 144 Å². The van der Waals surface area contributed by atoms with Crippen molar-refractivity contribution in [2.24, 2.45) is 0 Å². The quantitative estimate of drug-likeness (QED) is 0.146. The molecular formula is C39H50N6O6.